The van der Waals surface area contributed by atoms with E-state index in [4.69, 9.17) is 0 Å². The van der Waals surface area contributed by atoms with E-state index in [0.29, 0.717) is 12.4 Å². The maximum Gasteiger partial charge on any atom is 0.402 e. The summed E-state index contributed by atoms with van der Waals surface area (Å²) < 4.78 is 4.03. The molecular weight excluding hydrogens is 344 g/mol. The average molecular weight is 373 g/mol. The number of rotatable bonds is 4. The molecule has 0 saturated carbocycles. The number of imide groups is 1. The number of urea groups is 1. The lowest BCUT2D eigenvalue weighted by Crippen LogP contribution is -2.63. The van der Waals surface area contributed by atoms with E-state index in [0.717, 1.165) is 31.3 Å². The fourth-order valence-electron chi connectivity index (χ4n) is 4.47. The van der Waals surface area contributed by atoms with Crippen LogP contribution in [0.1, 0.15) is 50.9 Å². The zero-order valence-electron chi connectivity index (χ0n) is 16.7. The number of likely N-dealkylation sites (tertiary alicyclic amines) is 1. The molecule has 2 saturated heterocycles. The lowest BCUT2D eigenvalue weighted by molar-refractivity contribution is -0.677. The number of aromatic nitrogens is 2. The van der Waals surface area contributed by atoms with Crippen molar-refractivity contribution in [1.82, 2.24) is 19.3 Å². The van der Waals surface area contributed by atoms with Crippen LogP contribution in [0.3, 0.4) is 0 Å². The molecule has 0 bridgehead atoms. The number of carbonyl (C=O) groups is 2. The number of aryl methyl sites for hydroxylation is 1. The summed E-state index contributed by atoms with van der Waals surface area (Å²) in [6.45, 7) is 9.50. The third-order valence-electron chi connectivity index (χ3n) is 5.86. The molecule has 4 heterocycles. The Kier molecular flexibility index (Phi) is 4.53. The summed E-state index contributed by atoms with van der Waals surface area (Å²) >= 11 is 0. The number of hydrogen-bond donors (Lipinski definition) is 0. The first-order valence-corrected chi connectivity index (χ1v) is 9.93. The summed E-state index contributed by atoms with van der Waals surface area (Å²) in [6, 6.07) is -0.578. The molecule has 1 aromatic rings. The van der Waals surface area contributed by atoms with E-state index in [1.807, 2.05) is 17.7 Å². The largest absolute Gasteiger partial charge is 0.402 e. The van der Waals surface area contributed by atoms with Crippen molar-refractivity contribution in [1.29, 1.82) is 0 Å². The van der Waals surface area contributed by atoms with E-state index in [9.17, 15) is 9.59 Å². The second kappa shape index (κ2) is 6.74. The van der Waals surface area contributed by atoms with Gasteiger partial charge in [-0.25, -0.2) is 13.9 Å². The van der Waals surface area contributed by atoms with Gasteiger partial charge in [0, 0.05) is 20.1 Å². The van der Waals surface area contributed by atoms with Gasteiger partial charge in [-0.3, -0.25) is 14.6 Å². The number of amidine groups is 1. The van der Waals surface area contributed by atoms with Crippen LogP contribution >= 0.6 is 0 Å². The topological polar surface area (TPSA) is 65.0 Å². The van der Waals surface area contributed by atoms with Crippen molar-refractivity contribution in [2.45, 2.75) is 52.1 Å². The molecule has 8 nitrogen and oxygen atoms in total. The average Bonchev–Trinajstić information content (AvgIpc) is 3.15. The smallest absolute Gasteiger partial charge is 0.302 e. The van der Waals surface area contributed by atoms with Crippen molar-refractivity contribution in [3.05, 3.63) is 11.9 Å². The number of fused-ring (bicyclic) bond motifs is 3. The molecule has 1 unspecified atom stereocenters. The van der Waals surface area contributed by atoms with Gasteiger partial charge in [-0.2, -0.15) is 0 Å². The van der Waals surface area contributed by atoms with Crippen LogP contribution in [0.2, 0.25) is 0 Å². The van der Waals surface area contributed by atoms with E-state index in [2.05, 4.69) is 28.3 Å². The summed E-state index contributed by atoms with van der Waals surface area (Å²) in [5.74, 6) is 1.11. The Hall–Kier alpha value is -2.22. The third kappa shape index (κ3) is 2.86. The van der Waals surface area contributed by atoms with E-state index in [-0.39, 0.29) is 18.0 Å². The van der Waals surface area contributed by atoms with Gasteiger partial charge in [-0.1, -0.05) is 11.4 Å². The summed E-state index contributed by atoms with van der Waals surface area (Å²) in [7, 11) is 1.72. The highest BCUT2D eigenvalue weighted by Gasteiger charge is 2.53. The molecular formula is C19H29N6O2+. The van der Waals surface area contributed by atoms with Crippen molar-refractivity contribution >= 4 is 23.7 Å². The lowest BCUT2D eigenvalue weighted by atomic mass is 10.1. The van der Waals surface area contributed by atoms with Gasteiger partial charge in [-0.15, -0.1) is 0 Å². The Morgan fingerprint density at radius 3 is 2.56 bits per heavy atom. The van der Waals surface area contributed by atoms with Crippen LogP contribution in [0.25, 0.3) is 0 Å². The number of amides is 3. The predicted molar refractivity (Wildman–Crippen MR) is 101 cm³/mol. The summed E-state index contributed by atoms with van der Waals surface area (Å²) in [4.78, 5) is 36.0. The van der Waals surface area contributed by atoms with Crippen molar-refractivity contribution < 1.29 is 14.2 Å². The van der Waals surface area contributed by atoms with Gasteiger partial charge in [0.1, 0.15) is 11.9 Å². The van der Waals surface area contributed by atoms with E-state index < -0.39 is 6.04 Å². The minimum atomic E-state index is -0.539. The van der Waals surface area contributed by atoms with Gasteiger partial charge < -0.3 is 4.90 Å². The number of imidazole rings is 1. The summed E-state index contributed by atoms with van der Waals surface area (Å²) in [5, 5.41) is 0. The SMILES string of the molecule is Cc1c[n+]2c(n1C(C)C)N=C1C2C(=O)N(CCN2CCCCC2)C(=O)N1C. The first-order chi connectivity index (χ1) is 12.9. The molecule has 3 aliphatic heterocycles. The Bertz CT molecular complexity index is 805. The van der Waals surface area contributed by atoms with Crippen molar-refractivity contribution in [2.75, 3.05) is 33.2 Å². The molecule has 3 aliphatic rings. The molecule has 1 atom stereocenters. The zero-order valence-corrected chi connectivity index (χ0v) is 16.7. The van der Waals surface area contributed by atoms with Gasteiger partial charge in [0.05, 0.1) is 6.04 Å². The molecule has 0 aliphatic carbocycles. The van der Waals surface area contributed by atoms with Crippen LogP contribution < -0.4 is 4.57 Å². The molecule has 0 aromatic carbocycles. The van der Waals surface area contributed by atoms with Crippen LogP contribution in [0, 0.1) is 6.92 Å². The van der Waals surface area contributed by atoms with E-state index >= 15 is 0 Å². The van der Waals surface area contributed by atoms with E-state index in [1.54, 1.807) is 7.05 Å². The van der Waals surface area contributed by atoms with Crippen molar-refractivity contribution in [3.63, 3.8) is 0 Å². The quantitative estimate of drug-likeness (QED) is 0.754. The molecule has 0 radical (unpaired) electrons. The molecule has 146 valence electrons. The first kappa shape index (κ1) is 18.2. The fourth-order valence-corrected chi connectivity index (χ4v) is 4.47. The van der Waals surface area contributed by atoms with Gasteiger partial charge >= 0.3 is 12.0 Å². The van der Waals surface area contributed by atoms with Crippen LogP contribution in [0.4, 0.5) is 10.7 Å². The molecule has 0 N–H and O–H groups in total. The Balaban J connectivity index is 1.60. The van der Waals surface area contributed by atoms with Crippen LogP contribution in [-0.2, 0) is 4.79 Å². The number of carbonyl (C=O) groups excluding carboxylic acids is 2. The van der Waals surface area contributed by atoms with Gasteiger partial charge in [0.15, 0.2) is 0 Å². The molecule has 27 heavy (non-hydrogen) atoms. The monoisotopic (exact) mass is 373 g/mol. The first-order valence-electron chi connectivity index (χ1n) is 9.93. The highest BCUT2D eigenvalue weighted by Crippen LogP contribution is 2.30. The van der Waals surface area contributed by atoms with Gasteiger partial charge in [-0.05, 0) is 46.7 Å². The number of nitrogens with zero attached hydrogens (tertiary/aromatic N) is 6. The molecule has 0 spiro atoms. The van der Waals surface area contributed by atoms with Crippen molar-refractivity contribution in [3.8, 4) is 0 Å². The van der Waals surface area contributed by atoms with E-state index in [1.165, 1.54) is 29.1 Å². The Morgan fingerprint density at radius 2 is 1.89 bits per heavy atom. The number of hydrogen-bond acceptors (Lipinski definition) is 4. The number of likely N-dealkylation sites (N-methyl/N-ethyl adjacent to an activating group) is 1. The maximum atomic E-state index is 13.2. The number of piperidine rings is 1. The zero-order chi connectivity index (χ0) is 19.3. The van der Waals surface area contributed by atoms with Crippen LogP contribution in [0.5, 0.6) is 0 Å². The van der Waals surface area contributed by atoms with Gasteiger partial charge in [0.2, 0.25) is 11.9 Å². The van der Waals surface area contributed by atoms with Crippen LogP contribution in [-0.4, -0.2) is 70.3 Å². The fraction of sp³-hybridized carbons (Fsp3) is 0.684. The summed E-state index contributed by atoms with van der Waals surface area (Å²) in [6.07, 6.45) is 5.64. The highest BCUT2D eigenvalue weighted by molar-refractivity contribution is 6.19. The highest BCUT2D eigenvalue weighted by atomic mass is 16.2. The Morgan fingerprint density at radius 1 is 1.19 bits per heavy atom. The lowest BCUT2D eigenvalue weighted by Gasteiger charge is -2.35. The maximum absolute atomic E-state index is 13.2. The summed E-state index contributed by atoms with van der Waals surface area (Å²) in [5.41, 5.74) is 1.06. The van der Waals surface area contributed by atoms with Crippen LogP contribution in [0.15, 0.2) is 11.2 Å². The minimum Gasteiger partial charge on any atom is -0.302 e. The van der Waals surface area contributed by atoms with Crippen molar-refractivity contribution in [2.24, 2.45) is 4.99 Å². The Labute approximate surface area is 160 Å². The molecule has 8 heteroatoms. The normalized spacial score (nSPS) is 23.1. The second-order valence-corrected chi connectivity index (χ2v) is 8.05. The molecule has 1 aromatic heterocycles. The predicted octanol–water partition coefficient (Wildman–Crippen LogP) is 1.63. The molecule has 3 amide bonds. The standard InChI is InChI=1S/C19H29N6O2/c1-13(2)25-14(3)12-24-15-16(20-18(24)25)21(4)19(27)23(17(15)26)11-10-22-8-6-5-7-9-22/h12-13,15H,5-11H2,1-4H3/q+1. The third-order valence-corrected chi connectivity index (χ3v) is 5.86. The minimum absolute atomic E-state index is 0.168. The number of aliphatic imine (C=N–C) groups is 1. The molecule has 2 fully saturated rings. The molecule has 4 rings (SSSR count). The second-order valence-electron chi connectivity index (χ2n) is 8.05. The van der Waals surface area contributed by atoms with Gasteiger partial charge in [0.25, 0.3) is 5.91 Å².